The van der Waals surface area contributed by atoms with Crippen molar-refractivity contribution in [1.29, 1.82) is 0 Å². The van der Waals surface area contributed by atoms with Crippen LogP contribution in [0.1, 0.15) is 5.56 Å². The Bertz CT molecular complexity index is 1120. The number of methoxy groups -OCH3 is 1. The Labute approximate surface area is 164 Å². The summed E-state index contributed by atoms with van der Waals surface area (Å²) in [6.45, 7) is 1.49. The van der Waals surface area contributed by atoms with Crippen molar-refractivity contribution in [3.63, 3.8) is 0 Å². The molecule has 28 heavy (non-hydrogen) atoms. The molecule has 0 heterocycles. The maximum atomic E-state index is 12.7. The van der Waals surface area contributed by atoms with Crippen LogP contribution in [0, 0.1) is 6.92 Å². The van der Waals surface area contributed by atoms with E-state index in [9.17, 15) is 13.2 Å². The third-order valence-electron chi connectivity index (χ3n) is 4.35. The summed E-state index contributed by atoms with van der Waals surface area (Å²) >= 11 is 0. The number of sulfonamides is 1. The molecule has 0 unspecified atom stereocenters. The predicted molar refractivity (Wildman–Crippen MR) is 112 cm³/mol. The van der Waals surface area contributed by atoms with Crippen LogP contribution >= 0.6 is 0 Å². The molecule has 0 aromatic heterocycles. The first-order valence-corrected chi connectivity index (χ1v) is 10.5. The van der Waals surface area contributed by atoms with E-state index < -0.39 is 15.9 Å². The molecule has 3 aromatic carbocycles. The fourth-order valence-electron chi connectivity index (χ4n) is 3.03. The number of hydrogen-bond acceptors (Lipinski definition) is 4. The maximum absolute atomic E-state index is 12.7. The van der Waals surface area contributed by atoms with Gasteiger partial charge >= 0.3 is 0 Å². The molecule has 3 rings (SSSR count). The van der Waals surface area contributed by atoms with E-state index in [0.29, 0.717) is 17.1 Å². The van der Waals surface area contributed by atoms with E-state index >= 15 is 0 Å². The third kappa shape index (κ3) is 4.26. The molecule has 0 bridgehead atoms. The van der Waals surface area contributed by atoms with Crippen LogP contribution in [0.4, 0.5) is 11.4 Å². The summed E-state index contributed by atoms with van der Waals surface area (Å²) in [5, 5.41) is 4.70. The Morgan fingerprint density at radius 2 is 1.79 bits per heavy atom. The van der Waals surface area contributed by atoms with Gasteiger partial charge in [0.15, 0.2) is 0 Å². The van der Waals surface area contributed by atoms with E-state index in [1.165, 1.54) is 7.11 Å². The lowest BCUT2D eigenvalue weighted by Crippen LogP contribution is -2.37. The van der Waals surface area contributed by atoms with Gasteiger partial charge in [-0.2, -0.15) is 0 Å². The number of fused-ring (bicyclic) bond motifs is 1. The van der Waals surface area contributed by atoms with Crippen molar-refractivity contribution in [2.45, 2.75) is 6.92 Å². The molecule has 1 amide bonds. The van der Waals surface area contributed by atoms with Crippen LogP contribution in [-0.2, 0) is 14.8 Å². The average Bonchev–Trinajstić information content (AvgIpc) is 2.65. The standard InChI is InChI=1S/C21H22N2O4S/c1-15-11-12-20(27-2)19(13-15)23(28(3,25)26)14-21(24)22-18-10-6-8-16-7-4-5-9-17(16)18/h4-13H,14H2,1-3H3,(H,22,24). The molecule has 1 N–H and O–H groups in total. The SMILES string of the molecule is COc1ccc(C)cc1N(CC(=O)Nc1cccc2ccccc12)S(C)(=O)=O. The zero-order chi connectivity index (χ0) is 20.3. The van der Waals surface area contributed by atoms with Gasteiger partial charge in [0.1, 0.15) is 12.3 Å². The van der Waals surface area contributed by atoms with E-state index in [1.54, 1.807) is 18.2 Å². The van der Waals surface area contributed by atoms with Crippen LogP contribution in [0.25, 0.3) is 10.8 Å². The zero-order valence-electron chi connectivity index (χ0n) is 16.0. The van der Waals surface area contributed by atoms with Gasteiger partial charge in [0.2, 0.25) is 15.9 Å². The molecule has 7 heteroatoms. The summed E-state index contributed by atoms with van der Waals surface area (Å²) in [6.07, 6.45) is 1.07. The number of amides is 1. The molecule has 146 valence electrons. The zero-order valence-corrected chi connectivity index (χ0v) is 16.8. The highest BCUT2D eigenvalue weighted by Crippen LogP contribution is 2.31. The van der Waals surface area contributed by atoms with Crippen molar-refractivity contribution in [1.82, 2.24) is 0 Å². The van der Waals surface area contributed by atoms with Gasteiger partial charge in [-0.15, -0.1) is 0 Å². The second kappa shape index (κ2) is 7.90. The van der Waals surface area contributed by atoms with Gasteiger partial charge in [0.05, 0.1) is 19.1 Å². The van der Waals surface area contributed by atoms with E-state index in [2.05, 4.69) is 5.32 Å². The second-order valence-electron chi connectivity index (χ2n) is 6.52. The number of carbonyl (C=O) groups excluding carboxylic acids is 1. The summed E-state index contributed by atoms with van der Waals surface area (Å²) in [5.74, 6) is -0.0562. The van der Waals surface area contributed by atoms with Gasteiger partial charge in [-0.1, -0.05) is 42.5 Å². The van der Waals surface area contributed by atoms with Gasteiger partial charge in [-0.05, 0) is 36.1 Å². The first-order chi connectivity index (χ1) is 13.3. The Balaban J connectivity index is 1.92. The Morgan fingerprint density at radius 3 is 2.50 bits per heavy atom. The van der Waals surface area contributed by atoms with Gasteiger partial charge in [0.25, 0.3) is 0 Å². The van der Waals surface area contributed by atoms with Crippen LogP contribution in [0.2, 0.25) is 0 Å². The van der Waals surface area contributed by atoms with E-state index in [4.69, 9.17) is 4.74 Å². The van der Waals surface area contributed by atoms with Crippen molar-refractivity contribution in [3.05, 3.63) is 66.2 Å². The number of carbonyl (C=O) groups is 1. The van der Waals surface area contributed by atoms with E-state index in [-0.39, 0.29) is 6.54 Å². The molecule has 0 radical (unpaired) electrons. The largest absolute Gasteiger partial charge is 0.495 e. The van der Waals surface area contributed by atoms with E-state index in [0.717, 1.165) is 26.9 Å². The van der Waals surface area contributed by atoms with Crippen LogP contribution in [-0.4, -0.2) is 34.2 Å². The van der Waals surface area contributed by atoms with Crippen molar-refractivity contribution in [2.75, 3.05) is 29.5 Å². The summed E-state index contributed by atoms with van der Waals surface area (Å²) in [6, 6.07) is 18.4. The summed E-state index contributed by atoms with van der Waals surface area (Å²) in [5.41, 5.74) is 1.82. The minimum atomic E-state index is -3.70. The van der Waals surface area contributed by atoms with Gasteiger partial charge in [-0.25, -0.2) is 8.42 Å². The van der Waals surface area contributed by atoms with Gasteiger partial charge < -0.3 is 10.1 Å². The number of anilines is 2. The number of aryl methyl sites for hydroxylation is 1. The molecule has 0 saturated heterocycles. The van der Waals surface area contributed by atoms with Crippen LogP contribution in [0.5, 0.6) is 5.75 Å². The van der Waals surface area contributed by atoms with E-state index in [1.807, 2.05) is 49.4 Å². The molecule has 0 aliphatic heterocycles. The van der Waals surface area contributed by atoms with Crippen molar-refractivity contribution < 1.29 is 17.9 Å². The van der Waals surface area contributed by atoms with Crippen molar-refractivity contribution >= 4 is 38.1 Å². The molecule has 0 saturated carbocycles. The monoisotopic (exact) mass is 398 g/mol. The molecule has 0 atom stereocenters. The average molecular weight is 398 g/mol. The van der Waals surface area contributed by atoms with Gasteiger partial charge in [-0.3, -0.25) is 9.10 Å². The Kier molecular flexibility index (Phi) is 5.56. The van der Waals surface area contributed by atoms with Crippen LogP contribution < -0.4 is 14.4 Å². The number of rotatable bonds is 6. The topological polar surface area (TPSA) is 75.7 Å². The second-order valence-corrected chi connectivity index (χ2v) is 8.43. The van der Waals surface area contributed by atoms with Crippen molar-refractivity contribution in [2.24, 2.45) is 0 Å². The molecule has 0 aliphatic rings. The maximum Gasteiger partial charge on any atom is 0.245 e. The lowest BCUT2D eigenvalue weighted by atomic mass is 10.1. The van der Waals surface area contributed by atoms with Crippen LogP contribution in [0.3, 0.4) is 0 Å². The molecule has 3 aromatic rings. The lowest BCUT2D eigenvalue weighted by molar-refractivity contribution is -0.114. The molecular weight excluding hydrogens is 376 g/mol. The number of nitrogens with one attached hydrogen (secondary N) is 1. The minimum absolute atomic E-state index is 0.332. The fraction of sp³-hybridized carbons (Fsp3) is 0.190. The summed E-state index contributed by atoms with van der Waals surface area (Å²) in [7, 11) is -2.24. The quantitative estimate of drug-likeness (QED) is 0.689. The molecule has 0 aliphatic carbocycles. The molecule has 6 nitrogen and oxygen atoms in total. The number of ether oxygens (including phenoxy) is 1. The highest BCUT2D eigenvalue weighted by molar-refractivity contribution is 7.92. The lowest BCUT2D eigenvalue weighted by Gasteiger charge is -2.24. The summed E-state index contributed by atoms with van der Waals surface area (Å²) < 4.78 is 31.2. The number of nitrogens with zero attached hydrogens (tertiary/aromatic N) is 1. The fourth-order valence-corrected chi connectivity index (χ4v) is 3.88. The summed E-state index contributed by atoms with van der Waals surface area (Å²) in [4.78, 5) is 12.7. The smallest absolute Gasteiger partial charge is 0.245 e. The molecule has 0 spiro atoms. The number of hydrogen-bond donors (Lipinski definition) is 1. The Morgan fingerprint density at radius 1 is 1.07 bits per heavy atom. The highest BCUT2D eigenvalue weighted by atomic mass is 32.2. The predicted octanol–water partition coefficient (Wildman–Crippen LogP) is 3.56. The minimum Gasteiger partial charge on any atom is -0.495 e. The Hall–Kier alpha value is -3.06. The molecular formula is C21H22N2O4S. The third-order valence-corrected chi connectivity index (χ3v) is 5.48. The highest BCUT2D eigenvalue weighted by Gasteiger charge is 2.24. The molecule has 0 fully saturated rings. The first-order valence-electron chi connectivity index (χ1n) is 8.69. The van der Waals surface area contributed by atoms with Crippen LogP contribution in [0.15, 0.2) is 60.7 Å². The number of benzene rings is 3. The first kappa shape index (κ1) is 19.7. The van der Waals surface area contributed by atoms with Crippen molar-refractivity contribution in [3.8, 4) is 5.75 Å². The normalized spacial score (nSPS) is 11.2. The van der Waals surface area contributed by atoms with Gasteiger partial charge in [0, 0.05) is 11.1 Å².